The van der Waals surface area contributed by atoms with Gasteiger partial charge in [0.05, 0.1) is 0 Å². The molecule has 0 saturated carbocycles. The summed E-state index contributed by atoms with van der Waals surface area (Å²) < 4.78 is 28.8. The molecular weight excluding hydrogens is 262 g/mol. The molecule has 2 aliphatic heterocycles. The number of nitrogens with one attached hydrogen (secondary N) is 1. The molecule has 0 aromatic carbocycles. The van der Waals surface area contributed by atoms with Crippen molar-refractivity contribution in [2.45, 2.75) is 58.0 Å². The predicted molar refractivity (Wildman–Crippen MR) is 77.2 cm³/mol. The van der Waals surface area contributed by atoms with E-state index in [9.17, 15) is 8.42 Å². The zero-order valence-electron chi connectivity index (χ0n) is 12.1. The van der Waals surface area contributed by atoms with Gasteiger partial charge in [0, 0.05) is 38.3 Å². The quantitative estimate of drug-likeness (QED) is 0.799. The Morgan fingerprint density at radius 1 is 1.11 bits per heavy atom. The van der Waals surface area contributed by atoms with E-state index in [4.69, 9.17) is 0 Å². The Morgan fingerprint density at radius 3 is 2.37 bits per heavy atom. The summed E-state index contributed by atoms with van der Waals surface area (Å²) in [7, 11) is -3.27. The first kappa shape index (κ1) is 15.2. The number of fused-ring (bicyclic) bond motifs is 2. The van der Waals surface area contributed by atoms with Crippen LogP contribution in [0.25, 0.3) is 0 Å². The van der Waals surface area contributed by atoms with Gasteiger partial charge in [0.1, 0.15) is 0 Å². The molecule has 0 radical (unpaired) electrons. The van der Waals surface area contributed by atoms with Crippen molar-refractivity contribution in [1.82, 2.24) is 13.9 Å². The molecule has 112 valence electrons. The van der Waals surface area contributed by atoms with E-state index in [-0.39, 0.29) is 0 Å². The second kappa shape index (κ2) is 6.52. The Kier molecular flexibility index (Phi) is 5.22. The maximum atomic E-state index is 12.7. The molecule has 1 N–H and O–H groups in total. The Morgan fingerprint density at radius 2 is 1.74 bits per heavy atom. The highest BCUT2D eigenvalue weighted by atomic mass is 32.2. The van der Waals surface area contributed by atoms with Crippen LogP contribution in [0.15, 0.2) is 0 Å². The first-order valence-electron chi connectivity index (χ1n) is 7.59. The van der Waals surface area contributed by atoms with E-state index in [2.05, 4.69) is 5.32 Å². The first-order valence-corrected chi connectivity index (χ1v) is 8.98. The van der Waals surface area contributed by atoms with Crippen LogP contribution in [0.5, 0.6) is 0 Å². The van der Waals surface area contributed by atoms with Crippen molar-refractivity contribution >= 4 is 10.2 Å². The van der Waals surface area contributed by atoms with Crippen molar-refractivity contribution in [2.75, 3.05) is 26.2 Å². The Bertz CT molecular complexity index is 379. The molecule has 2 atom stereocenters. The van der Waals surface area contributed by atoms with Crippen LogP contribution in [0.1, 0.15) is 46.0 Å². The van der Waals surface area contributed by atoms with Crippen LogP contribution in [-0.2, 0) is 10.2 Å². The maximum Gasteiger partial charge on any atom is 0.282 e. The van der Waals surface area contributed by atoms with Gasteiger partial charge < -0.3 is 5.32 Å². The molecule has 0 spiro atoms. The average molecular weight is 289 g/mol. The number of rotatable bonds is 6. The van der Waals surface area contributed by atoms with Gasteiger partial charge in [0.15, 0.2) is 0 Å². The first-order chi connectivity index (χ1) is 9.07. The molecule has 2 bridgehead atoms. The molecule has 6 heteroatoms. The molecule has 2 aliphatic rings. The Balaban J connectivity index is 2.08. The summed E-state index contributed by atoms with van der Waals surface area (Å²) in [6.07, 6.45) is 5.00. The van der Waals surface area contributed by atoms with Gasteiger partial charge in [-0.1, -0.05) is 13.8 Å². The lowest BCUT2D eigenvalue weighted by atomic mass is 10.1. The van der Waals surface area contributed by atoms with Crippen LogP contribution < -0.4 is 5.32 Å². The smallest absolute Gasteiger partial charge is 0.282 e. The fourth-order valence-electron chi connectivity index (χ4n) is 3.13. The minimum Gasteiger partial charge on any atom is -0.310 e. The van der Waals surface area contributed by atoms with Crippen molar-refractivity contribution in [1.29, 1.82) is 0 Å². The molecule has 2 rings (SSSR count). The molecule has 5 nitrogen and oxygen atoms in total. The molecule has 0 aliphatic carbocycles. The van der Waals surface area contributed by atoms with Gasteiger partial charge in [0.25, 0.3) is 10.2 Å². The molecule has 0 amide bonds. The summed E-state index contributed by atoms with van der Waals surface area (Å²) in [4.78, 5) is 0. The lowest BCUT2D eigenvalue weighted by molar-refractivity contribution is 0.323. The van der Waals surface area contributed by atoms with Gasteiger partial charge >= 0.3 is 0 Å². The second-order valence-corrected chi connectivity index (χ2v) is 7.62. The van der Waals surface area contributed by atoms with Crippen LogP contribution in [0.2, 0.25) is 0 Å². The molecule has 2 saturated heterocycles. The van der Waals surface area contributed by atoms with Gasteiger partial charge in [-0.2, -0.15) is 17.0 Å². The summed E-state index contributed by atoms with van der Waals surface area (Å²) in [6, 6.07) is 0.878. The lowest BCUT2D eigenvalue weighted by Crippen LogP contribution is -2.47. The van der Waals surface area contributed by atoms with Crippen molar-refractivity contribution in [2.24, 2.45) is 0 Å². The van der Waals surface area contributed by atoms with E-state index >= 15 is 0 Å². The van der Waals surface area contributed by atoms with Gasteiger partial charge in [-0.3, -0.25) is 0 Å². The van der Waals surface area contributed by atoms with E-state index in [1.807, 2.05) is 13.8 Å². The van der Waals surface area contributed by atoms with Gasteiger partial charge in [-0.25, -0.2) is 0 Å². The van der Waals surface area contributed by atoms with E-state index in [0.717, 1.165) is 25.7 Å². The number of nitrogens with zero attached hydrogens (tertiary/aromatic N) is 2. The lowest BCUT2D eigenvalue weighted by Gasteiger charge is -2.30. The third kappa shape index (κ3) is 3.48. The minimum absolute atomic E-state index is 0.354. The van der Waals surface area contributed by atoms with Gasteiger partial charge in [-0.05, 0) is 32.1 Å². The Hall–Kier alpha value is -0.170. The molecule has 2 heterocycles. The van der Waals surface area contributed by atoms with Crippen molar-refractivity contribution in [3.8, 4) is 0 Å². The van der Waals surface area contributed by atoms with Gasteiger partial charge in [-0.15, -0.1) is 0 Å². The van der Waals surface area contributed by atoms with E-state index < -0.39 is 10.2 Å². The highest BCUT2D eigenvalue weighted by Gasteiger charge is 2.36. The summed E-state index contributed by atoms with van der Waals surface area (Å²) in [6.45, 7) is 6.64. The average Bonchev–Trinajstić information content (AvgIpc) is 2.68. The summed E-state index contributed by atoms with van der Waals surface area (Å²) >= 11 is 0. The molecule has 2 unspecified atom stereocenters. The van der Waals surface area contributed by atoms with Crippen molar-refractivity contribution < 1.29 is 8.42 Å². The summed E-state index contributed by atoms with van der Waals surface area (Å²) in [5.41, 5.74) is 0. The zero-order chi connectivity index (χ0) is 13.9. The fraction of sp³-hybridized carbons (Fsp3) is 1.00. The van der Waals surface area contributed by atoms with Crippen LogP contribution in [0.4, 0.5) is 0 Å². The molecule has 19 heavy (non-hydrogen) atoms. The monoisotopic (exact) mass is 289 g/mol. The summed E-state index contributed by atoms with van der Waals surface area (Å²) in [5, 5.41) is 3.53. The minimum atomic E-state index is -3.27. The maximum absolute atomic E-state index is 12.7. The third-order valence-corrected chi connectivity index (χ3v) is 6.09. The zero-order valence-corrected chi connectivity index (χ0v) is 13.0. The van der Waals surface area contributed by atoms with E-state index in [1.165, 1.54) is 6.42 Å². The number of hydrogen-bond donors (Lipinski definition) is 1. The molecular formula is C13H27N3O2S. The molecule has 2 fully saturated rings. The van der Waals surface area contributed by atoms with Crippen LogP contribution in [0.3, 0.4) is 0 Å². The standard InChI is InChI=1S/C13H27N3O2S/c1-3-8-15(9-4-2)19(17,18)16-10-7-12-5-6-13(11-16)14-12/h12-14H,3-11H2,1-2H3. The Labute approximate surface area is 117 Å². The third-order valence-electron chi connectivity index (χ3n) is 4.08. The van der Waals surface area contributed by atoms with Crippen LogP contribution >= 0.6 is 0 Å². The van der Waals surface area contributed by atoms with Crippen LogP contribution in [0, 0.1) is 0 Å². The van der Waals surface area contributed by atoms with Gasteiger partial charge in [0.2, 0.25) is 0 Å². The largest absolute Gasteiger partial charge is 0.310 e. The highest BCUT2D eigenvalue weighted by Crippen LogP contribution is 2.23. The normalized spacial score (nSPS) is 28.8. The van der Waals surface area contributed by atoms with E-state index in [1.54, 1.807) is 8.61 Å². The molecule has 0 aromatic rings. The SMILES string of the molecule is CCCN(CCC)S(=O)(=O)N1CCC2CCC(C1)N2. The van der Waals surface area contributed by atoms with Crippen molar-refractivity contribution in [3.05, 3.63) is 0 Å². The van der Waals surface area contributed by atoms with Crippen LogP contribution in [-0.4, -0.2) is 55.3 Å². The van der Waals surface area contributed by atoms with Crippen molar-refractivity contribution in [3.63, 3.8) is 0 Å². The topological polar surface area (TPSA) is 52.7 Å². The summed E-state index contributed by atoms with van der Waals surface area (Å²) in [5.74, 6) is 0. The predicted octanol–water partition coefficient (Wildman–Crippen LogP) is 1.18. The van der Waals surface area contributed by atoms with E-state index in [0.29, 0.717) is 38.3 Å². The second-order valence-electron chi connectivity index (χ2n) is 5.69. The molecule has 0 aromatic heterocycles. The fourth-order valence-corrected chi connectivity index (χ4v) is 4.98. The highest BCUT2D eigenvalue weighted by molar-refractivity contribution is 7.86. The number of hydrogen-bond acceptors (Lipinski definition) is 3.